The maximum atomic E-state index is 11.9. The van der Waals surface area contributed by atoms with Crippen molar-refractivity contribution in [2.45, 2.75) is 47.1 Å². The summed E-state index contributed by atoms with van der Waals surface area (Å²) in [5.41, 5.74) is 2.78. The smallest absolute Gasteiger partial charge is 0.338 e. The molecule has 1 aromatic carbocycles. The van der Waals surface area contributed by atoms with Crippen molar-refractivity contribution in [2.24, 2.45) is 0 Å². The van der Waals surface area contributed by atoms with Crippen molar-refractivity contribution in [2.75, 3.05) is 6.61 Å². The van der Waals surface area contributed by atoms with E-state index in [-0.39, 0.29) is 12.1 Å². The number of esters is 1. The zero-order valence-electron chi connectivity index (χ0n) is 14.2. The van der Waals surface area contributed by atoms with Crippen molar-refractivity contribution >= 4 is 5.97 Å². The molecule has 0 N–H and O–H groups in total. The molecule has 0 aliphatic rings. The Bertz CT molecular complexity index is 552. The van der Waals surface area contributed by atoms with Gasteiger partial charge in [0, 0.05) is 0 Å². The van der Waals surface area contributed by atoms with Crippen molar-refractivity contribution in [1.29, 1.82) is 0 Å². The van der Waals surface area contributed by atoms with E-state index in [2.05, 4.69) is 19.9 Å². The Hall–Kier alpha value is -2.03. The number of carbonyl (C=O) groups excluding carboxylic acids is 1. The lowest BCUT2D eigenvalue weighted by Crippen LogP contribution is -2.11. The van der Waals surface area contributed by atoms with Crippen LogP contribution in [0.15, 0.2) is 42.0 Å². The summed E-state index contributed by atoms with van der Waals surface area (Å²) in [5, 5.41) is 0. The highest BCUT2D eigenvalue weighted by Crippen LogP contribution is 2.23. The van der Waals surface area contributed by atoms with E-state index in [0.717, 1.165) is 17.7 Å². The third-order valence-electron chi connectivity index (χ3n) is 3.08. The maximum Gasteiger partial charge on any atom is 0.338 e. The van der Waals surface area contributed by atoms with E-state index in [4.69, 9.17) is 9.47 Å². The van der Waals surface area contributed by atoms with Crippen LogP contribution in [0.25, 0.3) is 0 Å². The first kappa shape index (κ1) is 18.0. The average molecular weight is 302 g/mol. The summed E-state index contributed by atoms with van der Waals surface area (Å²) in [5.74, 6) is 0.505. The van der Waals surface area contributed by atoms with Crippen LogP contribution in [-0.4, -0.2) is 18.7 Å². The molecule has 0 radical (unpaired) electrons. The zero-order chi connectivity index (χ0) is 16.5. The van der Waals surface area contributed by atoms with Gasteiger partial charge in [-0.05, 0) is 70.9 Å². The second-order valence-corrected chi connectivity index (χ2v) is 5.38. The highest BCUT2D eigenvalue weighted by Gasteiger charge is 2.12. The number of carbonyl (C=O) groups is 1. The predicted octanol–water partition coefficient (Wildman–Crippen LogP) is 4.72. The van der Waals surface area contributed by atoms with Gasteiger partial charge >= 0.3 is 5.97 Å². The summed E-state index contributed by atoms with van der Waals surface area (Å²) in [6.45, 7) is 10.2. The molecule has 1 aromatic rings. The summed E-state index contributed by atoms with van der Waals surface area (Å²) < 4.78 is 11.0. The number of ether oxygens (including phenoxy) is 2. The molecule has 0 amide bonds. The van der Waals surface area contributed by atoms with E-state index in [1.807, 2.05) is 38.1 Å². The van der Waals surface area contributed by atoms with E-state index in [0.29, 0.717) is 12.2 Å². The Kier molecular flexibility index (Phi) is 7.44. The molecule has 3 nitrogen and oxygen atoms in total. The third-order valence-corrected chi connectivity index (χ3v) is 3.08. The largest absolute Gasteiger partial charge is 0.486 e. The first-order valence-corrected chi connectivity index (χ1v) is 7.70. The monoisotopic (exact) mass is 302 g/mol. The number of hydrogen-bond acceptors (Lipinski definition) is 3. The van der Waals surface area contributed by atoms with Crippen LogP contribution >= 0.6 is 0 Å². The lowest BCUT2D eigenvalue weighted by atomic mass is 10.1. The van der Waals surface area contributed by atoms with Crippen LogP contribution in [0.1, 0.15) is 50.5 Å². The number of benzene rings is 1. The Morgan fingerprint density at radius 3 is 2.64 bits per heavy atom. The van der Waals surface area contributed by atoms with Gasteiger partial charge in [-0.25, -0.2) is 4.79 Å². The molecule has 0 bridgehead atoms. The standard InChI is InChI=1S/C19H26O3/c1-6-8-15(5)22-18-12-11-17(19(20)21-7-2)13-16(18)10-9-14(3)4/h6,8-9,11-13,15H,7,10H2,1-5H3/b8-6+. The molecule has 0 saturated carbocycles. The highest BCUT2D eigenvalue weighted by molar-refractivity contribution is 5.89. The SMILES string of the molecule is C/C=C/C(C)Oc1ccc(C(=O)OCC)cc1CC=C(C)C. The topological polar surface area (TPSA) is 35.5 Å². The molecule has 22 heavy (non-hydrogen) atoms. The third kappa shape index (κ3) is 5.76. The van der Waals surface area contributed by atoms with Crippen LogP contribution in [-0.2, 0) is 11.2 Å². The number of rotatable bonds is 7. The van der Waals surface area contributed by atoms with Crippen LogP contribution in [0.2, 0.25) is 0 Å². The van der Waals surface area contributed by atoms with E-state index in [9.17, 15) is 4.79 Å². The minimum Gasteiger partial charge on any atom is -0.486 e. The molecule has 0 aliphatic carbocycles. The molecule has 0 aliphatic heterocycles. The van der Waals surface area contributed by atoms with Gasteiger partial charge in [-0.1, -0.05) is 17.7 Å². The molecular weight excluding hydrogens is 276 g/mol. The van der Waals surface area contributed by atoms with E-state index in [1.165, 1.54) is 5.57 Å². The lowest BCUT2D eigenvalue weighted by molar-refractivity contribution is 0.0526. The molecule has 1 atom stereocenters. The lowest BCUT2D eigenvalue weighted by Gasteiger charge is -2.15. The Morgan fingerprint density at radius 2 is 2.05 bits per heavy atom. The first-order chi connectivity index (χ1) is 10.5. The number of hydrogen-bond donors (Lipinski definition) is 0. The van der Waals surface area contributed by atoms with Gasteiger partial charge in [0.25, 0.3) is 0 Å². The Morgan fingerprint density at radius 1 is 1.32 bits per heavy atom. The van der Waals surface area contributed by atoms with Crippen LogP contribution in [0.5, 0.6) is 5.75 Å². The summed E-state index contributed by atoms with van der Waals surface area (Å²) in [4.78, 5) is 11.9. The molecule has 120 valence electrons. The van der Waals surface area contributed by atoms with E-state index in [1.54, 1.807) is 13.0 Å². The average Bonchev–Trinajstić information content (AvgIpc) is 2.46. The van der Waals surface area contributed by atoms with Gasteiger partial charge in [-0.15, -0.1) is 0 Å². The first-order valence-electron chi connectivity index (χ1n) is 7.70. The Balaban J connectivity index is 3.08. The second kappa shape index (κ2) is 9.08. The van der Waals surface area contributed by atoms with Crippen LogP contribution in [0, 0.1) is 0 Å². The maximum absolute atomic E-state index is 11.9. The predicted molar refractivity (Wildman–Crippen MR) is 90.4 cm³/mol. The highest BCUT2D eigenvalue weighted by atomic mass is 16.5. The van der Waals surface area contributed by atoms with Crippen LogP contribution < -0.4 is 4.74 Å². The van der Waals surface area contributed by atoms with Gasteiger partial charge in [-0.2, -0.15) is 0 Å². The fourth-order valence-electron chi connectivity index (χ4n) is 2.02. The Labute approximate surface area is 133 Å². The van der Waals surface area contributed by atoms with Crippen molar-refractivity contribution in [3.8, 4) is 5.75 Å². The van der Waals surface area contributed by atoms with Crippen molar-refractivity contribution < 1.29 is 14.3 Å². The quantitative estimate of drug-likeness (QED) is 0.540. The number of allylic oxidation sites excluding steroid dienone is 3. The molecule has 0 fully saturated rings. The van der Waals surface area contributed by atoms with Crippen molar-refractivity contribution in [3.63, 3.8) is 0 Å². The molecule has 0 heterocycles. The second-order valence-electron chi connectivity index (χ2n) is 5.38. The normalized spacial score (nSPS) is 12.0. The molecule has 1 unspecified atom stereocenters. The van der Waals surface area contributed by atoms with E-state index >= 15 is 0 Å². The van der Waals surface area contributed by atoms with E-state index < -0.39 is 0 Å². The minimum atomic E-state index is -0.297. The summed E-state index contributed by atoms with van der Waals surface area (Å²) in [7, 11) is 0. The van der Waals surface area contributed by atoms with Gasteiger partial charge in [0.2, 0.25) is 0 Å². The molecular formula is C19H26O3. The van der Waals surface area contributed by atoms with Crippen molar-refractivity contribution in [3.05, 3.63) is 53.1 Å². The molecule has 3 heteroatoms. The molecule has 0 spiro atoms. The minimum absolute atomic E-state index is 0.0103. The van der Waals surface area contributed by atoms with Gasteiger partial charge in [0.15, 0.2) is 0 Å². The van der Waals surface area contributed by atoms with Gasteiger partial charge in [0.05, 0.1) is 12.2 Å². The summed E-state index contributed by atoms with van der Waals surface area (Å²) >= 11 is 0. The van der Waals surface area contributed by atoms with Gasteiger partial charge in [0.1, 0.15) is 11.9 Å². The molecule has 1 rings (SSSR count). The fraction of sp³-hybridized carbons (Fsp3) is 0.421. The van der Waals surface area contributed by atoms with Crippen LogP contribution in [0.4, 0.5) is 0 Å². The summed E-state index contributed by atoms with van der Waals surface area (Å²) in [6, 6.07) is 5.46. The zero-order valence-corrected chi connectivity index (χ0v) is 14.2. The van der Waals surface area contributed by atoms with Crippen LogP contribution in [0.3, 0.4) is 0 Å². The van der Waals surface area contributed by atoms with Gasteiger partial charge < -0.3 is 9.47 Å². The fourth-order valence-corrected chi connectivity index (χ4v) is 2.02. The van der Waals surface area contributed by atoms with Gasteiger partial charge in [-0.3, -0.25) is 0 Å². The summed E-state index contributed by atoms with van der Waals surface area (Å²) in [6.07, 6.45) is 6.80. The molecule has 0 saturated heterocycles. The molecule has 0 aromatic heterocycles. The van der Waals surface area contributed by atoms with Crippen molar-refractivity contribution in [1.82, 2.24) is 0 Å².